The molecule has 0 spiro atoms. The van der Waals surface area contributed by atoms with E-state index in [9.17, 15) is 8.42 Å². The fraction of sp³-hybridized carbons (Fsp3) is 0.417. The van der Waals surface area contributed by atoms with Crippen molar-refractivity contribution in [1.29, 1.82) is 0 Å². The van der Waals surface area contributed by atoms with Gasteiger partial charge in [0.1, 0.15) is 0 Å². The lowest BCUT2D eigenvalue weighted by molar-refractivity contribution is 0.601. The Morgan fingerprint density at radius 3 is 2.85 bits per heavy atom. The maximum absolute atomic E-state index is 12.2. The Balaban J connectivity index is 2.11. The lowest BCUT2D eigenvalue weighted by Crippen LogP contribution is -2.12. The molecular weight excluding hydrogens is 296 g/mol. The Hall–Kier alpha value is -1.38. The fourth-order valence-electron chi connectivity index (χ4n) is 1.65. The third-order valence-electron chi connectivity index (χ3n) is 2.70. The van der Waals surface area contributed by atoms with Crippen LogP contribution >= 0.6 is 11.3 Å². The molecule has 0 aliphatic carbocycles. The van der Waals surface area contributed by atoms with E-state index >= 15 is 0 Å². The summed E-state index contributed by atoms with van der Waals surface area (Å²) in [6.07, 6.45) is 3.18. The number of aryl methyl sites for hydroxylation is 1. The van der Waals surface area contributed by atoms with Crippen molar-refractivity contribution >= 4 is 27.0 Å². The summed E-state index contributed by atoms with van der Waals surface area (Å²) in [6.45, 7) is 6.20. The van der Waals surface area contributed by atoms with Gasteiger partial charge in [-0.3, -0.25) is 9.40 Å². The number of anilines is 1. The first-order chi connectivity index (χ1) is 9.55. The van der Waals surface area contributed by atoms with Crippen LogP contribution in [0.25, 0.3) is 0 Å². The summed E-state index contributed by atoms with van der Waals surface area (Å²) in [7, 11) is -3.53. The van der Waals surface area contributed by atoms with Crippen LogP contribution in [0.2, 0.25) is 0 Å². The Bertz CT molecular complexity index is 661. The zero-order valence-corrected chi connectivity index (χ0v) is 13.1. The highest BCUT2D eigenvalue weighted by Gasteiger charge is 2.17. The van der Waals surface area contributed by atoms with Crippen LogP contribution in [-0.2, 0) is 23.1 Å². The second-order valence-electron chi connectivity index (χ2n) is 4.22. The van der Waals surface area contributed by atoms with E-state index in [1.165, 1.54) is 17.5 Å². The third kappa shape index (κ3) is 3.59. The molecule has 0 fully saturated rings. The molecule has 2 aromatic rings. The highest BCUT2D eigenvalue weighted by atomic mass is 32.2. The van der Waals surface area contributed by atoms with Gasteiger partial charge in [-0.05, 0) is 19.5 Å². The van der Waals surface area contributed by atoms with Crippen molar-refractivity contribution in [3.05, 3.63) is 28.7 Å². The zero-order valence-electron chi connectivity index (χ0n) is 11.5. The van der Waals surface area contributed by atoms with Crippen LogP contribution in [0.15, 0.2) is 28.7 Å². The highest BCUT2D eigenvalue weighted by molar-refractivity contribution is 7.92. The molecule has 0 amide bonds. The van der Waals surface area contributed by atoms with Crippen LogP contribution in [0.4, 0.5) is 5.69 Å². The molecule has 0 aromatic carbocycles. The number of aromatic nitrogens is 2. The van der Waals surface area contributed by atoms with Crippen LogP contribution in [0.5, 0.6) is 0 Å². The largest absolute Gasteiger partial charge is 0.312 e. The summed E-state index contributed by atoms with van der Waals surface area (Å²) in [5, 5.41) is 8.86. The third-order valence-corrected chi connectivity index (χ3v) is 5.15. The van der Waals surface area contributed by atoms with Gasteiger partial charge >= 0.3 is 0 Å². The lowest BCUT2D eigenvalue weighted by atomic mass is 10.4. The topological polar surface area (TPSA) is 76.0 Å². The minimum Gasteiger partial charge on any atom is -0.312 e. The van der Waals surface area contributed by atoms with E-state index < -0.39 is 10.0 Å². The van der Waals surface area contributed by atoms with Gasteiger partial charge in [-0.25, -0.2) is 8.42 Å². The molecule has 2 aromatic heterocycles. The van der Waals surface area contributed by atoms with Crippen molar-refractivity contribution in [3.63, 3.8) is 0 Å². The van der Waals surface area contributed by atoms with Crippen LogP contribution in [0.3, 0.4) is 0 Å². The molecule has 0 unspecified atom stereocenters. The molecule has 20 heavy (non-hydrogen) atoms. The van der Waals surface area contributed by atoms with Gasteiger partial charge in [0, 0.05) is 29.5 Å². The first-order valence-corrected chi connectivity index (χ1v) is 8.75. The molecule has 0 saturated carbocycles. The van der Waals surface area contributed by atoms with Gasteiger partial charge in [0.05, 0.1) is 16.8 Å². The predicted octanol–water partition coefficient (Wildman–Crippen LogP) is 1.87. The number of nitrogens with zero attached hydrogens (tertiary/aromatic N) is 2. The van der Waals surface area contributed by atoms with Crippen LogP contribution in [0.1, 0.15) is 18.7 Å². The molecule has 2 rings (SSSR count). The molecule has 2 N–H and O–H groups in total. The van der Waals surface area contributed by atoms with Crippen LogP contribution in [-0.4, -0.2) is 24.7 Å². The molecule has 0 radical (unpaired) electrons. The second kappa shape index (κ2) is 6.38. The summed E-state index contributed by atoms with van der Waals surface area (Å²) in [6, 6.07) is 1.69. The highest BCUT2D eigenvalue weighted by Crippen LogP contribution is 2.21. The average Bonchev–Trinajstić information content (AvgIpc) is 3.04. The van der Waals surface area contributed by atoms with E-state index in [1.807, 2.05) is 13.8 Å². The molecule has 0 saturated heterocycles. The molecule has 6 nitrogen and oxygen atoms in total. The zero-order chi connectivity index (χ0) is 14.6. The van der Waals surface area contributed by atoms with Gasteiger partial charge in [0.2, 0.25) is 0 Å². The van der Waals surface area contributed by atoms with Gasteiger partial charge in [0.15, 0.2) is 0 Å². The number of hydrogen-bond acceptors (Lipinski definition) is 5. The van der Waals surface area contributed by atoms with E-state index in [4.69, 9.17) is 0 Å². The van der Waals surface area contributed by atoms with Gasteiger partial charge in [0.25, 0.3) is 10.0 Å². The quantitative estimate of drug-likeness (QED) is 0.818. The van der Waals surface area contributed by atoms with Crippen molar-refractivity contribution in [2.24, 2.45) is 0 Å². The van der Waals surface area contributed by atoms with E-state index in [1.54, 1.807) is 22.3 Å². The van der Waals surface area contributed by atoms with E-state index in [0.717, 1.165) is 11.4 Å². The van der Waals surface area contributed by atoms with Crippen molar-refractivity contribution in [1.82, 2.24) is 15.1 Å². The van der Waals surface area contributed by atoms with Crippen LogP contribution in [0, 0.1) is 0 Å². The molecule has 0 aliphatic rings. The first-order valence-electron chi connectivity index (χ1n) is 6.38. The number of rotatable bonds is 7. The molecule has 2 heterocycles. The number of nitrogens with one attached hydrogen (secondary N) is 2. The predicted molar refractivity (Wildman–Crippen MR) is 80.4 cm³/mol. The van der Waals surface area contributed by atoms with E-state index in [0.29, 0.717) is 23.7 Å². The minimum atomic E-state index is -3.53. The molecule has 0 atom stereocenters. The summed E-state index contributed by atoms with van der Waals surface area (Å²) < 4.78 is 28.7. The van der Waals surface area contributed by atoms with Gasteiger partial charge in [-0.2, -0.15) is 5.10 Å². The summed E-state index contributed by atoms with van der Waals surface area (Å²) >= 11 is 1.43. The van der Waals surface area contributed by atoms with Gasteiger partial charge in [-0.15, -0.1) is 11.3 Å². The summed E-state index contributed by atoms with van der Waals surface area (Å²) in [4.78, 5) is 1.29. The number of hydrogen-bond donors (Lipinski definition) is 2. The molecule has 0 aliphatic heterocycles. The van der Waals surface area contributed by atoms with E-state index in [2.05, 4.69) is 15.1 Å². The summed E-state index contributed by atoms with van der Waals surface area (Å²) in [5.74, 6) is 0. The molecule has 0 bridgehead atoms. The van der Waals surface area contributed by atoms with Gasteiger partial charge < -0.3 is 5.32 Å². The maximum atomic E-state index is 12.2. The Morgan fingerprint density at radius 1 is 1.40 bits per heavy atom. The Kier molecular flexibility index (Phi) is 4.79. The van der Waals surface area contributed by atoms with Crippen molar-refractivity contribution in [2.75, 3.05) is 11.3 Å². The lowest BCUT2D eigenvalue weighted by Gasteiger charge is -2.03. The standard InChI is InChI=1S/C12H18N4O2S2/c1-3-13-7-11-5-12(9-19-11)20(17,18)15-10-6-14-16(4-2)8-10/h5-6,8-9,13,15H,3-4,7H2,1-2H3. The molecular formula is C12H18N4O2S2. The molecule has 110 valence electrons. The molecule has 8 heteroatoms. The Morgan fingerprint density at radius 2 is 2.20 bits per heavy atom. The van der Waals surface area contributed by atoms with E-state index in [-0.39, 0.29) is 0 Å². The second-order valence-corrected chi connectivity index (χ2v) is 6.90. The number of sulfonamides is 1. The monoisotopic (exact) mass is 314 g/mol. The van der Waals surface area contributed by atoms with Crippen molar-refractivity contribution < 1.29 is 8.42 Å². The maximum Gasteiger partial charge on any atom is 0.262 e. The van der Waals surface area contributed by atoms with Crippen LogP contribution < -0.4 is 10.0 Å². The normalized spacial score (nSPS) is 11.7. The first kappa shape index (κ1) is 15.0. The fourth-order valence-corrected chi connectivity index (χ4v) is 3.92. The van der Waals surface area contributed by atoms with Crippen molar-refractivity contribution in [2.45, 2.75) is 31.8 Å². The summed E-state index contributed by atoms with van der Waals surface area (Å²) in [5.41, 5.74) is 0.478. The number of thiophene rings is 1. The Labute approximate surface area is 122 Å². The van der Waals surface area contributed by atoms with Gasteiger partial charge in [-0.1, -0.05) is 6.92 Å². The SMILES string of the molecule is CCNCc1cc(S(=O)(=O)Nc2cnn(CC)c2)cs1. The minimum absolute atomic E-state index is 0.291. The van der Waals surface area contributed by atoms with Crippen molar-refractivity contribution in [3.8, 4) is 0 Å². The smallest absolute Gasteiger partial charge is 0.262 e. The average molecular weight is 314 g/mol.